The number of benzene rings is 1. The fourth-order valence-electron chi connectivity index (χ4n) is 1.62. The Bertz CT molecular complexity index is 598. The summed E-state index contributed by atoms with van der Waals surface area (Å²) in [7, 11) is 1.60. The second-order valence-corrected chi connectivity index (χ2v) is 4.38. The van der Waals surface area contributed by atoms with Crippen molar-refractivity contribution in [2.75, 3.05) is 13.7 Å². The van der Waals surface area contributed by atoms with Crippen molar-refractivity contribution >= 4 is 32.8 Å². The van der Waals surface area contributed by atoms with E-state index in [1.54, 1.807) is 14.0 Å². The maximum Gasteiger partial charge on any atom is 0.340 e. The average Bonchev–Trinajstić information content (AvgIpc) is 2.38. The fourth-order valence-corrected chi connectivity index (χ4v) is 2.22. The Morgan fingerprint density at radius 2 is 2.22 bits per heavy atom. The molecule has 4 nitrogen and oxygen atoms in total. The van der Waals surface area contributed by atoms with Gasteiger partial charge in [-0.3, -0.25) is 4.98 Å². The number of rotatable bonds is 3. The number of fused-ring (bicyclic) bond motifs is 1. The van der Waals surface area contributed by atoms with E-state index in [0.29, 0.717) is 16.6 Å². The number of carbonyl (C=O) groups excluding carboxylic acids is 1. The van der Waals surface area contributed by atoms with Crippen LogP contribution < -0.4 is 4.74 Å². The lowest BCUT2D eigenvalue weighted by molar-refractivity contribution is 0.0525. The summed E-state index contributed by atoms with van der Waals surface area (Å²) in [6, 6.07) is 5.49. The fraction of sp³-hybridized carbons (Fsp3) is 0.231. The number of ether oxygens (including phenoxy) is 2. The van der Waals surface area contributed by atoms with Gasteiger partial charge in [-0.15, -0.1) is 0 Å². The van der Waals surface area contributed by atoms with Crippen molar-refractivity contribution in [2.24, 2.45) is 0 Å². The molecule has 0 saturated heterocycles. The van der Waals surface area contributed by atoms with Gasteiger partial charge in [-0.2, -0.15) is 0 Å². The van der Waals surface area contributed by atoms with E-state index < -0.39 is 0 Å². The number of hydrogen-bond donors (Lipinski definition) is 0. The third-order valence-electron chi connectivity index (χ3n) is 2.51. The third-order valence-corrected chi connectivity index (χ3v) is 3.36. The Morgan fingerprint density at radius 1 is 1.44 bits per heavy atom. The summed E-state index contributed by atoms with van der Waals surface area (Å²) in [6.07, 6.45) is 1.50. The number of halogens is 1. The van der Waals surface area contributed by atoms with Crippen LogP contribution in [0.25, 0.3) is 10.9 Å². The Hall–Kier alpha value is -1.62. The zero-order valence-electron chi connectivity index (χ0n) is 10.1. The van der Waals surface area contributed by atoms with Gasteiger partial charge in [0.2, 0.25) is 0 Å². The minimum Gasteiger partial charge on any atom is -0.497 e. The first kappa shape index (κ1) is 12.8. The third kappa shape index (κ3) is 2.31. The number of methoxy groups -OCH3 is 1. The number of nitrogens with zero attached hydrogens (tertiary/aromatic N) is 1. The molecule has 0 amide bonds. The second kappa shape index (κ2) is 5.35. The van der Waals surface area contributed by atoms with E-state index in [-0.39, 0.29) is 5.97 Å². The standard InChI is InChI=1S/C13H12BrNO3/c1-3-18-13(16)10-7-15-11-6-8(17-2)4-5-9(11)12(10)14/h4-7H,3H2,1-2H3. The summed E-state index contributed by atoms with van der Waals surface area (Å²) in [4.78, 5) is 16.0. The van der Waals surface area contributed by atoms with Crippen LogP contribution in [0.2, 0.25) is 0 Å². The van der Waals surface area contributed by atoms with Crippen LogP contribution in [0.3, 0.4) is 0 Å². The summed E-state index contributed by atoms with van der Waals surface area (Å²) in [5.41, 5.74) is 1.18. The number of hydrogen-bond acceptors (Lipinski definition) is 4. The maximum atomic E-state index is 11.7. The SMILES string of the molecule is CCOC(=O)c1cnc2cc(OC)ccc2c1Br. The van der Waals surface area contributed by atoms with Crippen LogP contribution in [0.15, 0.2) is 28.9 Å². The van der Waals surface area contributed by atoms with Crippen LogP contribution in [0.5, 0.6) is 5.75 Å². The van der Waals surface area contributed by atoms with E-state index in [1.165, 1.54) is 6.20 Å². The van der Waals surface area contributed by atoms with E-state index in [1.807, 2.05) is 18.2 Å². The molecule has 1 aromatic carbocycles. The van der Waals surface area contributed by atoms with Gasteiger partial charge in [-0.25, -0.2) is 4.79 Å². The molecule has 2 aromatic rings. The van der Waals surface area contributed by atoms with Crippen molar-refractivity contribution in [3.63, 3.8) is 0 Å². The molecule has 18 heavy (non-hydrogen) atoms. The maximum absolute atomic E-state index is 11.7. The molecule has 1 aromatic heterocycles. The molecule has 0 aliphatic heterocycles. The van der Waals surface area contributed by atoms with Gasteiger partial charge in [0.25, 0.3) is 0 Å². The lowest BCUT2D eigenvalue weighted by Gasteiger charge is -2.07. The van der Waals surface area contributed by atoms with Crippen LogP contribution >= 0.6 is 15.9 Å². The highest BCUT2D eigenvalue weighted by molar-refractivity contribution is 9.10. The first-order valence-electron chi connectivity index (χ1n) is 5.46. The number of pyridine rings is 1. The average molecular weight is 310 g/mol. The van der Waals surface area contributed by atoms with E-state index in [0.717, 1.165) is 16.7 Å². The molecule has 0 aliphatic carbocycles. The number of aromatic nitrogens is 1. The minimum absolute atomic E-state index is 0.339. The summed E-state index contributed by atoms with van der Waals surface area (Å²) in [6.45, 7) is 2.11. The van der Waals surface area contributed by atoms with Crippen molar-refractivity contribution in [1.29, 1.82) is 0 Å². The van der Waals surface area contributed by atoms with E-state index >= 15 is 0 Å². The topological polar surface area (TPSA) is 48.4 Å². The van der Waals surface area contributed by atoms with Crippen LogP contribution in [0, 0.1) is 0 Å². The van der Waals surface area contributed by atoms with Gasteiger partial charge in [0, 0.05) is 22.1 Å². The second-order valence-electron chi connectivity index (χ2n) is 3.59. The van der Waals surface area contributed by atoms with Gasteiger partial charge in [0.15, 0.2) is 0 Å². The molecule has 94 valence electrons. The van der Waals surface area contributed by atoms with E-state index in [4.69, 9.17) is 9.47 Å². The van der Waals surface area contributed by atoms with Gasteiger partial charge in [-0.1, -0.05) is 0 Å². The molecule has 0 radical (unpaired) electrons. The highest BCUT2D eigenvalue weighted by atomic mass is 79.9. The van der Waals surface area contributed by atoms with Gasteiger partial charge in [0.05, 0.1) is 24.8 Å². The molecule has 0 saturated carbocycles. The molecule has 5 heteroatoms. The zero-order valence-corrected chi connectivity index (χ0v) is 11.7. The minimum atomic E-state index is -0.380. The largest absolute Gasteiger partial charge is 0.497 e. The molecule has 2 rings (SSSR count). The lowest BCUT2D eigenvalue weighted by atomic mass is 10.1. The quantitative estimate of drug-likeness (QED) is 0.817. The Balaban J connectivity index is 2.54. The normalized spacial score (nSPS) is 10.4. The molecule has 0 aliphatic rings. The van der Waals surface area contributed by atoms with E-state index in [9.17, 15) is 4.79 Å². The van der Waals surface area contributed by atoms with Gasteiger partial charge in [0.1, 0.15) is 5.75 Å². The number of esters is 1. The molecule has 0 N–H and O–H groups in total. The summed E-state index contributed by atoms with van der Waals surface area (Å²) in [5, 5.41) is 0.848. The van der Waals surface area contributed by atoms with Crippen molar-refractivity contribution in [1.82, 2.24) is 4.98 Å². The molecular formula is C13H12BrNO3. The van der Waals surface area contributed by atoms with Crippen LogP contribution in [-0.4, -0.2) is 24.7 Å². The van der Waals surface area contributed by atoms with Crippen molar-refractivity contribution < 1.29 is 14.3 Å². The van der Waals surface area contributed by atoms with Crippen molar-refractivity contribution in [2.45, 2.75) is 6.92 Å². The predicted octanol–water partition coefficient (Wildman–Crippen LogP) is 3.18. The first-order valence-corrected chi connectivity index (χ1v) is 6.26. The summed E-state index contributed by atoms with van der Waals surface area (Å²) in [5.74, 6) is 0.348. The predicted molar refractivity (Wildman–Crippen MR) is 72.0 cm³/mol. The van der Waals surface area contributed by atoms with Crippen LogP contribution in [-0.2, 0) is 4.74 Å². The molecule has 0 atom stereocenters. The Labute approximate surface area is 113 Å². The monoisotopic (exact) mass is 309 g/mol. The van der Waals surface area contributed by atoms with Gasteiger partial charge in [-0.05, 0) is 35.0 Å². The van der Waals surface area contributed by atoms with Crippen molar-refractivity contribution in [3.05, 3.63) is 34.4 Å². The molecule has 0 bridgehead atoms. The summed E-state index contributed by atoms with van der Waals surface area (Å²) < 4.78 is 10.8. The smallest absolute Gasteiger partial charge is 0.340 e. The van der Waals surface area contributed by atoms with Gasteiger partial charge >= 0.3 is 5.97 Å². The van der Waals surface area contributed by atoms with Crippen LogP contribution in [0.4, 0.5) is 0 Å². The molecule has 1 heterocycles. The molecule has 0 spiro atoms. The highest BCUT2D eigenvalue weighted by Crippen LogP contribution is 2.29. The highest BCUT2D eigenvalue weighted by Gasteiger charge is 2.14. The van der Waals surface area contributed by atoms with E-state index in [2.05, 4.69) is 20.9 Å². The first-order chi connectivity index (χ1) is 8.67. The molecular weight excluding hydrogens is 298 g/mol. The summed E-state index contributed by atoms with van der Waals surface area (Å²) >= 11 is 3.42. The Kier molecular flexibility index (Phi) is 3.81. The Morgan fingerprint density at radius 3 is 2.89 bits per heavy atom. The lowest BCUT2D eigenvalue weighted by Crippen LogP contribution is -2.06. The zero-order chi connectivity index (χ0) is 13.1. The van der Waals surface area contributed by atoms with Crippen LogP contribution in [0.1, 0.15) is 17.3 Å². The van der Waals surface area contributed by atoms with Gasteiger partial charge < -0.3 is 9.47 Å². The molecule has 0 unspecified atom stereocenters. The molecule has 0 fully saturated rings. The number of carbonyl (C=O) groups is 1. The van der Waals surface area contributed by atoms with Crippen molar-refractivity contribution in [3.8, 4) is 5.75 Å².